The molecule has 0 aliphatic heterocycles. The molecule has 0 aliphatic rings. The van der Waals surface area contributed by atoms with Crippen molar-refractivity contribution >= 4 is 41.4 Å². The van der Waals surface area contributed by atoms with E-state index in [1.807, 2.05) is 0 Å². The third kappa shape index (κ3) is 7.62. The summed E-state index contributed by atoms with van der Waals surface area (Å²) in [5.74, 6) is 0. The van der Waals surface area contributed by atoms with Crippen molar-refractivity contribution in [3.05, 3.63) is 184 Å². The van der Waals surface area contributed by atoms with E-state index in [0.717, 1.165) is 17.8 Å². The van der Waals surface area contributed by atoms with Crippen molar-refractivity contribution in [2.24, 2.45) is 0 Å². The van der Waals surface area contributed by atoms with Crippen molar-refractivity contribution in [3.63, 3.8) is 0 Å². The minimum Gasteiger partial charge on any atom is -0.310 e. The summed E-state index contributed by atoms with van der Waals surface area (Å²) in [5.41, 5.74) is 13.5. The molecule has 0 amide bonds. The molecule has 218 valence electrons. The first kappa shape index (κ1) is 30.3. The van der Waals surface area contributed by atoms with Crippen LogP contribution in [0.5, 0.6) is 0 Å². The first-order chi connectivity index (χ1) is 21.5. The van der Waals surface area contributed by atoms with E-state index >= 15 is 0 Å². The smallest absolute Gasteiger partial charge is 0.0522 e. The van der Waals surface area contributed by atoms with Gasteiger partial charge in [-0.1, -0.05) is 147 Å². The van der Waals surface area contributed by atoms with Gasteiger partial charge in [0.05, 0.1) is 5.69 Å². The molecule has 0 aliphatic carbocycles. The number of aryl methyl sites for hydroxylation is 4. The Morgan fingerprint density at radius 2 is 0.886 bits per heavy atom. The number of para-hydroxylation sites is 1. The van der Waals surface area contributed by atoms with E-state index in [4.69, 9.17) is 0 Å². The molecule has 1 nitrogen and oxygen atoms in total. The molecule has 1 heteroatoms. The molecule has 0 aromatic heterocycles. The monoisotopic (exact) mass is 571 g/mol. The van der Waals surface area contributed by atoms with Crippen molar-refractivity contribution in [2.75, 3.05) is 4.90 Å². The summed E-state index contributed by atoms with van der Waals surface area (Å²) in [6.45, 7) is 8.72. The van der Waals surface area contributed by atoms with E-state index < -0.39 is 0 Å². The van der Waals surface area contributed by atoms with Gasteiger partial charge in [-0.05, 0) is 96.0 Å². The fraction of sp³-hybridized carbons (Fsp3) is 0.116. The van der Waals surface area contributed by atoms with E-state index in [0.29, 0.717) is 0 Å². The molecule has 0 heterocycles. The maximum Gasteiger partial charge on any atom is 0.0522 e. The molecule has 0 N–H and O–H groups in total. The van der Waals surface area contributed by atoms with Crippen LogP contribution in [0.4, 0.5) is 17.1 Å². The van der Waals surface area contributed by atoms with Crippen LogP contribution in [0.2, 0.25) is 0 Å². The maximum atomic E-state index is 2.39. The molecule has 0 saturated carbocycles. The zero-order valence-corrected chi connectivity index (χ0v) is 26.2. The van der Waals surface area contributed by atoms with Crippen molar-refractivity contribution in [3.8, 4) is 0 Å². The Kier molecular flexibility index (Phi) is 10.2. The molecular formula is C43H41N. The van der Waals surface area contributed by atoms with E-state index in [1.165, 1.54) is 50.2 Å². The molecule has 5 aromatic carbocycles. The van der Waals surface area contributed by atoms with Crippen LogP contribution >= 0.6 is 0 Å². The maximum absolute atomic E-state index is 2.39. The Labute approximate surface area is 263 Å². The van der Waals surface area contributed by atoms with E-state index in [1.54, 1.807) is 0 Å². The number of hydrogen-bond acceptors (Lipinski definition) is 1. The molecule has 5 rings (SSSR count). The van der Waals surface area contributed by atoms with Gasteiger partial charge >= 0.3 is 0 Å². The SMILES string of the molecule is CCc1cccc(C)c1N(c1ccc(/C=C/C=C/c2ccccc2C)cc1)c1ccc(/C=C/C=C/c2ccccc2C)cc1. The predicted molar refractivity (Wildman–Crippen MR) is 194 cm³/mol. The van der Waals surface area contributed by atoms with Gasteiger partial charge in [0.15, 0.2) is 0 Å². The van der Waals surface area contributed by atoms with Gasteiger partial charge in [-0.2, -0.15) is 0 Å². The minimum atomic E-state index is 0.968. The number of nitrogens with zero attached hydrogens (tertiary/aromatic N) is 1. The number of benzene rings is 5. The number of rotatable bonds is 10. The molecule has 0 saturated heterocycles. The summed E-state index contributed by atoms with van der Waals surface area (Å²) in [6.07, 6.45) is 18.0. The highest BCUT2D eigenvalue weighted by Gasteiger charge is 2.17. The van der Waals surface area contributed by atoms with Gasteiger partial charge in [-0.25, -0.2) is 0 Å². The van der Waals surface area contributed by atoms with Crippen molar-refractivity contribution in [1.82, 2.24) is 0 Å². The standard InChI is InChI=1S/C43H41N/c1-5-38-24-14-17-35(4)43(38)44(41-29-25-36(26-30-41)18-8-12-22-39-20-10-6-15-33(39)2)42-31-27-37(28-32-42)19-9-13-23-40-21-11-7-16-34(40)3/h6-32H,5H2,1-4H3/b18-8+,19-9+,22-12+,23-13+. The summed E-state index contributed by atoms with van der Waals surface area (Å²) in [7, 11) is 0. The van der Waals surface area contributed by atoms with Crippen LogP contribution in [0.15, 0.2) is 140 Å². The lowest BCUT2D eigenvalue weighted by Gasteiger charge is -2.29. The van der Waals surface area contributed by atoms with Gasteiger partial charge in [0.25, 0.3) is 0 Å². The van der Waals surface area contributed by atoms with Crippen molar-refractivity contribution < 1.29 is 0 Å². The second kappa shape index (κ2) is 14.8. The van der Waals surface area contributed by atoms with Crippen LogP contribution < -0.4 is 4.90 Å². The van der Waals surface area contributed by atoms with Gasteiger partial charge in [-0.15, -0.1) is 0 Å². The van der Waals surface area contributed by atoms with Gasteiger partial charge in [-0.3, -0.25) is 0 Å². The number of hydrogen-bond donors (Lipinski definition) is 0. The largest absolute Gasteiger partial charge is 0.310 e. The van der Waals surface area contributed by atoms with Gasteiger partial charge in [0, 0.05) is 11.4 Å². The normalized spacial score (nSPS) is 11.8. The summed E-state index contributed by atoms with van der Waals surface area (Å²) >= 11 is 0. The third-order valence-electron chi connectivity index (χ3n) is 7.96. The minimum absolute atomic E-state index is 0.968. The zero-order valence-electron chi connectivity index (χ0n) is 26.2. The lowest BCUT2D eigenvalue weighted by Crippen LogP contribution is -2.13. The lowest BCUT2D eigenvalue weighted by molar-refractivity contribution is 1.10. The van der Waals surface area contributed by atoms with Crippen LogP contribution in [0.25, 0.3) is 24.3 Å². The Bertz CT molecular complexity index is 1690. The van der Waals surface area contributed by atoms with E-state index in [2.05, 4.69) is 196 Å². The van der Waals surface area contributed by atoms with Crippen LogP contribution in [0, 0.1) is 20.8 Å². The summed E-state index contributed by atoms with van der Waals surface area (Å²) < 4.78 is 0. The molecule has 0 fully saturated rings. The number of anilines is 3. The van der Waals surface area contributed by atoms with Crippen LogP contribution in [0.3, 0.4) is 0 Å². The Balaban J connectivity index is 1.39. The van der Waals surface area contributed by atoms with E-state index in [-0.39, 0.29) is 0 Å². The Hall–Kier alpha value is -5.14. The molecule has 0 radical (unpaired) electrons. The van der Waals surface area contributed by atoms with Gasteiger partial charge in [0.1, 0.15) is 0 Å². The molecule has 0 bridgehead atoms. The summed E-state index contributed by atoms with van der Waals surface area (Å²) in [4.78, 5) is 2.39. The second-order valence-corrected chi connectivity index (χ2v) is 11.1. The third-order valence-corrected chi connectivity index (χ3v) is 7.96. The molecule has 0 unspecified atom stereocenters. The Morgan fingerprint density at radius 3 is 1.34 bits per heavy atom. The summed E-state index contributed by atoms with van der Waals surface area (Å²) in [5, 5.41) is 0. The molecular weight excluding hydrogens is 530 g/mol. The quantitative estimate of drug-likeness (QED) is 0.151. The second-order valence-electron chi connectivity index (χ2n) is 11.1. The molecule has 44 heavy (non-hydrogen) atoms. The first-order valence-corrected chi connectivity index (χ1v) is 15.4. The number of allylic oxidation sites excluding steroid dienone is 4. The first-order valence-electron chi connectivity index (χ1n) is 15.4. The fourth-order valence-corrected chi connectivity index (χ4v) is 5.40. The molecule has 0 atom stereocenters. The average molecular weight is 572 g/mol. The van der Waals surface area contributed by atoms with Crippen molar-refractivity contribution in [1.29, 1.82) is 0 Å². The van der Waals surface area contributed by atoms with Crippen molar-refractivity contribution in [2.45, 2.75) is 34.1 Å². The predicted octanol–water partition coefficient (Wildman–Crippen LogP) is 12.1. The highest BCUT2D eigenvalue weighted by molar-refractivity contribution is 5.81. The topological polar surface area (TPSA) is 3.24 Å². The van der Waals surface area contributed by atoms with Crippen LogP contribution in [-0.4, -0.2) is 0 Å². The Morgan fingerprint density at radius 1 is 0.455 bits per heavy atom. The fourth-order valence-electron chi connectivity index (χ4n) is 5.40. The lowest BCUT2D eigenvalue weighted by atomic mass is 10.0. The summed E-state index contributed by atoms with van der Waals surface area (Å²) in [6, 6.07) is 41.2. The van der Waals surface area contributed by atoms with E-state index in [9.17, 15) is 0 Å². The molecule has 0 spiro atoms. The average Bonchev–Trinajstić information content (AvgIpc) is 3.05. The van der Waals surface area contributed by atoms with Gasteiger partial charge in [0.2, 0.25) is 0 Å². The molecule has 5 aromatic rings. The van der Waals surface area contributed by atoms with Crippen LogP contribution in [0.1, 0.15) is 51.4 Å². The highest BCUT2D eigenvalue weighted by atomic mass is 15.1. The van der Waals surface area contributed by atoms with Crippen LogP contribution in [-0.2, 0) is 6.42 Å². The highest BCUT2D eigenvalue weighted by Crippen LogP contribution is 2.39. The van der Waals surface area contributed by atoms with Gasteiger partial charge < -0.3 is 4.90 Å². The zero-order chi connectivity index (χ0) is 30.7.